The van der Waals surface area contributed by atoms with E-state index < -0.39 is 0 Å². The fraction of sp³-hybridized carbons (Fsp3) is 0.538. The Morgan fingerprint density at radius 2 is 2.04 bits per heavy atom. The molecule has 8 nitrogen and oxygen atoms in total. The van der Waals surface area contributed by atoms with E-state index in [0.717, 1.165) is 38.7 Å². The largest absolute Gasteiger partial charge is 0.249 e. The number of aryl methyl sites for hydroxylation is 1. The lowest BCUT2D eigenvalue weighted by molar-refractivity contribution is 0.307. The zero-order valence-electron chi connectivity index (χ0n) is 12.6. The van der Waals surface area contributed by atoms with Gasteiger partial charge in [-0.05, 0) is 51.0 Å². The van der Waals surface area contributed by atoms with Gasteiger partial charge in [0.15, 0.2) is 5.65 Å². The molecule has 0 N–H and O–H groups in total. The van der Waals surface area contributed by atoms with Gasteiger partial charge in [-0.15, -0.1) is 5.10 Å². The Morgan fingerprint density at radius 1 is 1.22 bits per heavy atom. The van der Waals surface area contributed by atoms with E-state index in [1.807, 2.05) is 11.7 Å². The summed E-state index contributed by atoms with van der Waals surface area (Å²) in [6, 6.07) is 0.385. The fourth-order valence-electron chi connectivity index (χ4n) is 2.99. The zero-order valence-corrected chi connectivity index (χ0v) is 15.0. The number of halogens is 1. The summed E-state index contributed by atoms with van der Waals surface area (Å²) in [6.07, 6.45) is 7.59. The van der Waals surface area contributed by atoms with Crippen LogP contribution in [0, 0.1) is 0 Å². The molecule has 3 aromatic heterocycles. The van der Waals surface area contributed by atoms with Crippen molar-refractivity contribution in [3.05, 3.63) is 10.9 Å². The topological polar surface area (TPSA) is 87.2 Å². The predicted octanol–water partition coefficient (Wildman–Crippen LogP) is 2.77. The molecule has 3 aromatic rings. The van der Waals surface area contributed by atoms with Crippen LogP contribution < -0.4 is 0 Å². The van der Waals surface area contributed by atoms with E-state index in [0.29, 0.717) is 6.04 Å². The van der Waals surface area contributed by atoms with E-state index in [1.165, 1.54) is 31.0 Å². The molecule has 4 rings (SSSR count). The van der Waals surface area contributed by atoms with Crippen molar-refractivity contribution in [2.45, 2.75) is 48.3 Å². The van der Waals surface area contributed by atoms with Gasteiger partial charge in [0.1, 0.15) is 16.0 Å². The number of aromatic nitrogens is 8. The zero-order chi connectivity index (χ0) is 15.8. The van der Waals surface area contributed by atoms with E-state index in [-0.39, 0.29) is 0 Å². The third-order valence-corrected chi connectivity index (χ3v) is 5.62. The van der Waals surface area contributed by atoms with Crippen molar-refractivity contribution >= 4 is 38.7 Å². The first-order valence-corrected chi connectivity index (χ1v) is 9.14. The molecule has 0 spiro atoms. The summed E-state index contributed by atoms with van der Waals surface area (Å²) in [4.78, 5) is 8.69. The molecule has 120 valence electrons. The van der Waals surface area contributed by atoms with Crippen LogP contribution in [0.1, 0.15) is 38.1 Å². The summed E-state index contributed by atoms with van der Waals surface area (Å²) in [5.41, 5.74) is 0.783. The second kappa shape index (κ2) is 6.16. The monoisotopic (exact) mass is 394 g/mol. The summed E-state index contributed by atoms with van der Waals surface area (Å²) in [6.45, 7) is 0. The minimum absolute atomic E-state index is 0.385. The van der Waals surface area contributed by atoms with Crippen LogP contribution in [0.3, 0.4) is 0 Å². The van der Waals surface area contributed by atoms with E-state index in [1.54, 1.807) is 11.0 Å². The molecule has 0 atom stereocenters. The van der Waals surface area contributed by atoms with Crippen LogP contribution in [0.25, 0.3) is 11.0 Å². The maximum Gasteiger partial charge on any atom is 0.215 e. The van der Waals surface area contributed by atoms with Gasteiger partial charge in [0.05, 0.1) is 11.4 Å². The lowest BCUT2D eigenvalue weighted by Gasteiger charge is -2.21. The highest BCUT2D eigenvalue weighted by Crippen LogP contribution is 2.36. The Morgan fingerprint density at radius 3 is 2.87 bits per heavy atom. The van der Waals surface area contributed by atoms with Crippen LogP contribution in [0.4, 0.5) is 0 Å². The molecule has 0 amide bonds. The van der Waals surface area contributed by atoms with E-state index >= 15 is 0 Å². The van der Waals surface area contributed by atoms with Gasteiger partial charge >= 0.3 is 0 Å². The molecule has 23 heavy (non-hydrogen) atoms. The van der Waals surface area contributed by atoms with Gasteiger partial charge in [-0.3, -0.25) is 0 Å². The molecule has 1 fully saturated rings. The molecule has 0 bridgehead atoms. The van der Waals surface area contributed by atoms with Crippen LogP contribution >= 0.6 is 27.7 Å². The number of hydrogen-bond donors (Lipinski definition) is 0. The molecule has 3 heterocycles. The van der Waals surface area contributed by atoms with Gasteiger partial charge in [-0.1, -0.05) is 19.3 Å². The third-order valence-electron chi connectivity index (χ3n) is 4.11. The molecule has 1 aliphatic rings. The van der Waals surface area contributed by atoms with Crippen LogP contribution in [0.15, 0.2) is 21.1 Å². The average Bonchev–Trinajstić information content (AvgIpc) is 3.14. The van der Waals surface area contributed by atoms with E-state index in [2.05, 4.69) is 46.5 Å². The molecule has 0 unspecified atom stereocenters. The van der Waals surface area contributed by atoms with Crippen molar-refractivity contribution < 1.29 is 0 Å². The smallest absolute Gasteiger partial charge is 0.215 e. The van der Waals surface area contributed by atoms with Gasteiger partial charge in [0.2, 0.25) is 5.16 Å². The Hall–Kier alpha value is -1.55. The van der Waals surface area contributed by atoms with Crippen LogP contribution in [-0.2, 0) is 7.05 Å². The molecule has 10 heteroatoms. The van der Waals surface area contributed by atoms with Crippen molar-refractivity contribution in [1.82, 2.24) is 40.0 Å². The standard InChI is InChI=1S/C13H15BrN8S/c1-21-11-9(10(14)18-21)12(16-7-15-11)23-13-17-19-20-22(13)8-5-3-2-4-6-8/h7-8H,2-6H2,1H3. The lowest BCUT2D eigenvalue weighted by atomic mass is 9.96. The maximum atomic E-state index is 4.40. The first kappa shape index (κ1) is 15.0. The highest BCUT2D eigenvalue weighted by atomic mass is 79.9. The van der Waals surface area contributed by atoms with Gasteiger partial charge < -0.3 is 0 Å². The molecule has 0 saturated heterocycles. The quantitative estimate of drug-likeness (QED) is 0.630. The summed E-state index contributed by atoms with van der Waals surface area (Å²) in [7, 11) is 1.86. The Labute approximate surface area is 145 Å². The number of nitrogens with zero attached hydrogens (tertiary/aromatic N) is 8. The first-order chi connectivity index (χ1) is 11.2. The summed E-state index contributed by atoms with van der Waals surface area (Å²) >= 11 is 4.95. The predicted molar refractivity (Wildman–Crippen MR) is 88.1 cm³/mol. The molecule has 0 aliphatic heterocycles. The van der Waals surface area contributed by atoms with E-state index in [9.17, 15) is 0 Å². The Kier molecular flexibility index (Phi) is 4.02. The van der Waals surface area contributed by atoms with Gasteiger partial charge in [-0.25, -0.2) is 19.3 Å². The highest BCUT2D eigenvalue weighted by Gasteiger charge is 2.22. The molecule has 0 aromatic carbocycles. The minimum atomic E-state index is 0.385. The fourth-order valence-corrected chi connectivity index (χ4v) is 4.64. The third kappa shape index (κ3) is 2.74. The molecular formula is C13H15BrN8S. The summed E-state index contributed by atoms with van der Waals surface area (Å²) in [5.74, 6) is 0. The van der Waals surface area contributed by atoms with Crippen molar-refractivity contribution in [2.75, 3.05) is 0 Å². The average molecular weight is 395 g/mol. The number of rotatable bonds is 3. The Bertz CT molecular complexity index is 838. The van der Waals surface area contributed by atoms with Crippen LogP contribution in [0.2, 0.25) is 0 Å². The number of tetrazole rings is 1. The van der Waals surface area contributed by atoms with Crippen LogP contribution in [-0.4, -0.2) is 40.0 Å². The number of hydrogen-bond acceptors (Lipinski definition) is 7. The molecule has 1 saturated carbocycles. The van der Waals surface area contributed by atoms with Crippen LogP contribution in [0.5, 0.6) is 0 Å². The van der Waals surface area contributed by atoms with Gasteiger partial charge in [-0.2, -0.15) is 5.10 Å². The Balaban J connectivity index is 1.71. The van der Waals surface area contributed by atoms with E-state index in [4.69, 9.17) is 0 Å². The first-order valence-electron chi connectivity index (χ1n) is 7.53. The van der Waals surface area contributed by atoms with Gasteiger partial charge in [0, 0.05) is 7.05 Å². The SMILES string of the molecule is Cn1nc(Br)c2c(Sc3nnnn3C3CCCCC3)ncnc21. The number of fused-ring (bicyclic) bond motifs is 1. The molecular weight excluding hydrogens is 380 g/mol. The summed E-state index contributed by atoms with van der Waals surface area (Å²) in [5, 5.41) is 19.1. The van der Waals surface area contributed by atoms with Gasteiger partial charge in [0.25, 0.3) is 0 Å². The molecule has 0 radical (unpaired) electrons. The maximum absolute atomic E-state index is 4.40. The second-order valence-electron chi connectivity index (χ2n) is 5.59. The normalized spacial score (nSPS) is 16.3. The summed E-state index contributed by atoms with van der Waals surface area (Å²) < 4.78 is 4.41. The highest BCUT2D eigenvalue weighted by molar-refractivity contribution is 9.10. The van der Waals surface area contributed by atoms with Crippen molar-refractivity contribution in [2.24, 2.45) is 7.05 Å². The minimum Gasteiger partial charge on any atom is -0.249 e. The van der Waals surface area contributed by atoms with Crippen molar-refractivity contribution in [1.29, 1.82) is 0 Å². The van der Waals surface area contributed by atoms with Crippen molar-refractivity contribution in [3.63, 3.8) is 0 Å². The lowest BCUT2D eigenvalue weighted by Crippen LogP contribution is -2.15. The van der Waals surface area contributed by atoms with Crippen molar-refractivity contribution in [3.8, 4) is 0 Å². The second-order valence-corrected chi connectivity index (χ2v) is 7.30. The molecule has 1 aliphatic carbocycles.